The lowest BCUT2D eigenvalue weighted by molar-refractivity contribution is -0.148. The van der Waals surface area contributed by atoms with Crippen molar-refractivity contribution in [3.05, 3.63) is 76.0 Å². The zero-order valence-corrected chi connectivity index (χ0v) is 15.9. The Morgan fingerprint density at radius 1 is 1.14 bits per heavy atom. The van der Waals surface area contributed by atoms with Gasteiger partial charge in [0.2, 0.25) is 5.89 Å². The van der Waals surface area contributed by atoms with E-state index in [2.05, 4.69) is 20.4 Å². The van der Waals surface area contributed by atoms with Crippen molar-refractivity contribution in [1.29, 1.82) is 0 Å². The Labute approximate surface area is 165 Å². The van der Waals surface area contributed by atoms with Crippen molar-refractivity contribution in [3.8, 4) is 11.5 Å². The van der Waals surface area contributed by atoms with Gasteiger partial charge in [0, 0.05) is 10.9 Å². The van der Waals surface area contributed by atoms with E-state index in [4.69, 9.17) is 9.15 Å². The van der Waals surface area contributed by atoms with E-state index >= 15 is 0 Å². The molecule has 2 heterocycles. The first kappa shape index (κ1) is 18.5. The Kier molecular flexibility index (Phi) is 4.90. The first-order valence-corrected chi connectivity index (χ1v) is 9.07. The molecule has 0 bridgehead atoms. The normalized spacial score (nSPS) is 12.1. The number of rotatable bonds is 5. The average Bonchev–Trinajstić information content (AvgIpc) is 3.21. The highest BCUT2D eigenvalue weighted by Crippen LogP contribution is 2.23. The van der Waals surface area contributed by atoms with E-state index in [-0.39, 0.29) is 17.9 Å². The molecule has 0 spiro atoms. The Morgan fingerprint density at radius 2 is 1.93 bits per heavy atom. The Morgan fingerprint density at radius 3 is 2.72 bits per heavy atom. The van der Waals surface area contributed by atoms with Gasteiger partial charge in [0.05, 0.1) is 17.5 Å². The van der Waals surface area contributed by atoms with Crippen LogP contribution < -0.4 is 5.56 Å². The summed E-state index contributed by atoms with van der Waals surface area (Å²) in [5, 5.41) is 15.5. The third-order valence-corrected chi connectivity index (χ3v) is 4.45. The molecule has 2 aromatic heterocycles. The molecule has 146 valence electrons. The number of nitrogens with zero attached hydrogens (tertiary/aromatic N) is 3. The fourth-order valence-electron chi connectivity index (χ4n) is 3.03. The number of hydrogen-bond acceptors (Lipinski definition) is 7. The number of esters is 1. The fourth-order valence-corrected chi connectivity index (χ4v) is 3.03. The Bertz CT molecular complexity index is 1240. The number of aromatic nitrogens is 4. The topological polar surface area (TPSA) is 111 Å². The third-order valence-electron chi connectivity index (χ3n) is 4.45. The largest absolute Gasteiger partial charge is 0.452 e. The predicted octanol–water partition coefficient (Wildman–Crippen LogP) is 3.13. The van der Waals surface area contributed by atoms with Crippen molar-refractivity contribution < 1.29 is 13.9 Å². The first-order valence-electron chi connectivity index (χ1n) is 9.07. The second kappa shape index (κ2) is 7.67. The highest BCUT2D eigenvalue weighted by molar-refractivity contribution is 5.86. The summed E-state index contributed by atoms with van der Waals surface area (Å²) in [6.07, 6.45) is -0.817. The van der Waals surface area contributed by atoms with Crippen LogP contribution >= 0.6 is 0 Å². The Balaban J connectivity index is 1.48. The van der Waals surface area contributed by atoms with Gasteiger partial charge in [-0.3, -0.25) is 9.59 Å². The number of fused-ring (bicyclic) bond motifs is 1. The molecule has 0 aliphatic rings. The smallest absolute Gasteiger partial charge is 0.312 e. The van der Waals surface area contributed by atoms with E-state index in [1.807, 2.05) is 31.2 Å². The average molecular weight is 390 g/mol. The molecule has 1 atom stereocenters. The minimum Gasteiger partial charge on any atom is -0.452 e. The standard InChI is InChI=1S/C21H18N4O4/c1-12-6-5-7-14(10-12)21-25-24-20(29-21)13(2)28-18(26)11-17-15-8-3-4-9-16(15)19(27)23-22-17/h3-10,13H,11H2,1-2H3,(H,23,27). The number of nitrogens with one attached hydrogen (secondary N) is 1. The molecule has 0 aliphatic carbocycles. The summed E-state index contributed by atoms with van der Waals surface area (Å²) in [4.78, 5) is 24.3. The van der Waals surface area contributed by atoms with Crippen LogP contribution in [0.3, 0.4) is 0 Å². The van der Waals surface area contributed by atoms with Crippen LogP contribution in [0.2, 0.25) is 0 Å². The number of hydrogen-bond donors (Lipinski definition) is 1. The summed E-state index contributed by atoms with van der Waals surface area (Å²) in [6, 6.07) is 14.6. The quantitative estimate of drug-likeness (QED) is 0.521. The third kappa shape index (κ3) is 3.91. The summed E-state index contributed by atoms with van der Waals surface area (Å²) < 4.78 is 11.1. The van der Waals surface area contributed by atoms with Crippen LogP contribution in [0, 0.1) is 6.92 Å². The van der Waals surface area contributed by atoms with E-state index < -0.39 is 12.1 Å². The van der Waals surface area contributed by atoms with Crippen LogP contribution in [0.5, 0.6) is 0 Å². The molecule has 0 aliphatic heterocycles. The number of aromatic amines is 1. The van der Waals surface area contributed by atoms with E-state index in [9.17, 15) is 9.59 Å². The Hall–Kier alpha value is -3.81. The molecule has 8 nitrogen and oxygen atoms in total. The van der Waals surface area contributed by atoms with Gasteiger partial charge in [0.1, 0.15) is 0 Å². The molecule has 4 rings (SSSR count). The van der Waals surface area contributed by atoms with Crippen molar-refractivity contribution in [2.75, 3.05) is 0 Å². The summed E-state index contributed by atoms with van der Waals surface area (Å²) in [5.74, 6) is 0.0477. The van der Waals surface area contributed by atoms with Crippen molar-refractivity contribution in [3.63, 3.8) is 0 Å². The van der Waals surface area contributed by atoms with Gasteiger partial charge in [0.25, 0.3) is 11.4 Å². The SMILES string of the molecule is Cc1cccc(-c2nnc(C(C)OC(=O)Cc3n[nH]c(=O)c4ccccc34)o2)c1. The molecular weight excluding hydrogens is 372 g/mol. The van der Waals surface area contributed by atoms with Gasteiger partial charge in [-0.15, -0.1) is 10.2 Å². The van der Waals surface area contributed by atoms with E-state index in [1.165, 1.54) is 0 Å². The molecule has 8 heteroatoms. The van der Waals surface area contributed by atoms with Gasteiger partial charge in [0.15, 0.2) is 6.10 Å². The monoisotopic (exact) mass is 390 g/mol. The lowest BCUT2D eigenvalue weighted by Crippen LogP contribution is -2.16. The lowest BCUT2D eigenvalue weighted by atomic mass is 10.1. The number of H-pyrrole nitrogens is 1. The van der Waals surface area contributed by atoms with Crippen LogP contribution in [0.25, 0.3) is 22.2 Å². The number of carbonyl (C=O) groups is 1. The molecule has 2 aromatic carbocycles. The number of benzene rings is 2. The molecule has 0 fully saturated rings. The highest BCUT2D eigenvalue weighted by atomic mass is 16.6. The molecular formula is C21H18N4O4. The maximum Gasteiger partial charge on any atom is 0.312 e. The van der Waals surface area contributed by atoms with Crippen LogP contribution in [-0.4, -0.2) is 26.4 Å². The van der Waals surface area contributed by atoms with Crippen LogP contribution in [0.1, 0.15) is 30.2 Å². The van der Waals surface area contributed by atoms with Crippen LogP contribution in [0.4, 0.5) is 0 Å². The van der Waals surface area contributed by atoms with E-state index in [1.54, 1.807) is 31.2 Å². The van der Waals surface area contributed by atoms with Gasteiger partial charge in [-0.25, -0.2) is 5.10 Å². The number of carbonyl (C=O) groups excluding carboxylic acids is 1. The molecule has 4 aromatic rings. The minimum atomic E-state index is -0.720. The van der Waals surface area contributed by atoms with E-state index in [0.29, 0.717) is 22.4 Å². The first-order chi connectivity index (χ1) is 14.0. The highest BCUT2D eigenvalue weighted by Gasteiger charge is 2.20. The van der Waals surface area contributed by atoms with Gasteiger partial charge < -0.3 is 9.15 Å². The minimum absolute atomic E-state index is 0.0967. The predicted molar refractivity (Wildman–Crippen MR) is 105 cm³/mol. The summed E-state index contributed by atoms with van der Waals surface area (Å²) in [6.45, 7) is 3.63. The molecule has 0 radical (unpaired) electrons. The van der Waals surface area contributed by atoms with Crippen LogP contribution in [-0.2, 0) is 16.0 Å². The maximum absolute atomic E-state index is 12.4. The van der Waals surface area contributed by atoms with E-state index in [0.717, 1.165) is 11.1 Å². The molecule has 1 unspecified atom stereocenters. The van der Waals surface area contributed by atoms with Crippen molar-refractivity contribution in [2.45, 2.75) is 26.4 Å². The van der Waals surface area contributed by atoms with Crippen molar-refractivity contribution in [1.82, 2.24) is 20.4 Å². The number of aryl methyl sites for hydroxylation is 1. The zero-order chi connectivity index (χ0) is 20.4. The van der Waals surface area contributed by atoms with Gasteiger partial charge in [-0.1, -0.05) is 35.9 Å². The summed E-state index contributed by atoms with van der Waals surface area (Å²) >= 11 is 0. The summed E-state index contributed by atoms with van der Waals surface area (Å²) in [5.41, 5.74) is 2.00. The molecule has 1 N–H and O–H groups in total. The van der Waals surface area contributed by atoms with Gasteiger partial charge in [-0.05, 0) is 32.0 Å². The van der Waals surface area contributed by atoms with Gasteiger partial charge >= 0.3 is 5.97 Å². The molecule has 29 heavy (non-hydrogen) atoms. The van der Waals surface area contributed by atoms with Gasteiger partial charge in [-0.2, -0.15) is 5.10 Å². The second-order valence-electron chi connectivity index (χ2n) is 6.67. The number of ether oxygens (including phenoxy) is 1. The fraction of sp³-hybridized carbons (Fsp3) is 0.190. The molecule has 0 saturated heterocycles. The second-order valence-corrected chi connectivity index (χ2v) is 6.67. The zero-order valence-electron chi connectivity index (χ0n) is 15.9. The summed E-state index contributed by atoms with van der Waals surface area (Å²) in [7, 11) is 0. The maximum atomic E-state index is 12.4. The van der Waals surface area contributed by atoms with Crippen LogP contribution in [0.15, 0.2) is 57.7 Å². The molecule has 0 saturated carbocycles. The van der Waals surface area contributed by atoms with Crippen molar-refractivity contribution in [2.24, 2.45) is 0 Å². The lowest BCUT2D eigenvalue weighted by Gasteiger charge is -2.10. The molecule has 0 amide bonds. The van der Waals surface area contributed by atoms with Crippen molar-refractivity contribution >= 4 is 16.7 Å².